The first kappa shape index (κ1) is 15.7. The number of ether oxygens (including phenoxy) is 2. The lowest BCUT2D eigenvalue weighted by Crippen LogP contribution is -2.44. The van der Waals surface area contributed by atoms with Crippen LogP contribution >= 0.6 is 11.3 Å². The Morgan fingerprint density at radius 3 is 2.96 bits per heavy atom. The van der Waals surface area contributed by atoms with Gasteiger partial charge in [0.1, 0.15) is 6.10 Å². The van der Waals surface area contributed by atoms with E-state index in [2.05, 4.69) is 9.97 Å². The van der Waals surface area contributed by atoms with E-state index in [0.717, 1.165) is 29.8 Å². The summed E-state index contributed by atoms with van der Waals surface area (Å²) in [6, 6.07) is 1.94. The van der Waals surface area contributed by atoms with Gasteiger partial charge in [0, 0.05) is 6.54 Å². The van der Waals surface area contributed by atoms with Gasteiger partial charge in [-0.1, -0.05) is 0 Å². The molecule has 3 rings (SSSR count). The smallest absolute Gasteiger partial charge is 0.264 e. The van der Waals surface area contributed by atoms with E-state index in [0.29, 0.717) is 18.3 Å². The Morgan fingerprint density at radius 2 is 2.22 bits per heavy atom. The number of piperidine rings is 1. The fourth-order valence-electron chi connectivity index (χ4n) is 2.58. The van der Waals surface area contributed by atoms with Crippen LogP contribution in [0.15, 0.2) is 23.8 Å². The normalized spacial score (nSPS) is 17.8. The Labute approximate surface area is 139 Å². The molecule has 1 amide bonds. The van der Waals surface area contributed by atoms with Gasteiger partial charge in [0.25, 0.3) is 5.91 Å². The van der Waals surface area contributed by atoms with Crippen molar-refractivity contribution in [3.63, 3.8) is 0 Å². The van der Waals surface area contributed by atoms with Gasteiger partial charge in [-0.2, -0.15) is 4.98 Å². The monoisotopic (exact) mass is 333 g/mol. The van der Waals surface area contributed by atoms with E-state index in [1.165, 1.54) is 24.6 Å². The second-order valence-electron chi connectivity index (χ2n) is 5.52. The van der Waals surface area contributed by atoms with Crippen molar-refractivity contribution in [2.45, 2.75) is 25.9 Å². The van der Waals surface area contributed by atoms with Gasteiger partial charge in [-0.15, -0.1) is 11.3 Å². The molecule has 1 aliphatic heterocycles. The van der Waals surface area contributed by atoms with Gasteiger partial charge in [0.05, 0.1) is 30.9 Å². The number of rotatable bonds is 4. The van der Waals surface area contributed by atoms with Gasteiger partial charge in [-0.3, -0.25) is 9.78 Å². The molecule has 122 valence electrons. The summed E-state index contributed by atoms with van der Waals surface area (Å²) in [5.74, 6) is 0.920. The molecule has 0 bridgehead atoms. The maximum atomic E-state index is 12.5. The van der Waals surface area contributed by atoms with Gasteiger partial charge in [-0.25, -0.2) is 0 Å². The number of carbonyl (C=O) groups excluding carboxylic acids is 1. The first-order valence-electron chi connectivity index (χ1n) is 7.53. The van der Waals surface area contributed by atoms with Crippen LogP contribution < -0.4 is 9.47 Å². The summed E-state index contributed by atoms with van der Waals surface area (Å²) in [6.45, 7) is 3.32. The Bertz CT molecular complexity index is 689. The fraction of sp³-hybridized carbons (Fsp3) is 0.438. The van der Waals surface area contributed by atoms with Gasteiger partial charge < -0.3 is 14.4 Å². The Morgan fingerprint density at radius 1 is 1.39 bits per heavy atom. The number of carbonyl (C=O) groups is 1. The summed E-state index contributed by atoms with van der Waals surface area (Å²) in [6.07, 6.45) is 4.83. The lowest BCUT2D eigenvalue weighted by Gasteiger charge is -2.32. The molecule has 0 unspecified atom stereocenters. The third kappa shape index (κ3) is 3.79. The summed E-state index contributed by atoms with van der Waals surface area (Å²) in [7, 11) is 1.54. The van der Waals surface area contributed by atoms with Crippen molar-refractivity contribution in [2.75, 3.05) is 20.2 Å². The summed E-state index contributed by atoms with van der Waals surface area (Å²) < 4.78 is 10.9. The summed E-state index contributed by atoms with van der Waals surface area (Å²) in [4.78, 5) is 23.4. The number of methoxy groups -OCH3 is 1. The first-order valence-corrected chi connectivity index (χ1v) is 8.41. The summed E-state index contributed by atoms with van der Waals surface area (Å²) in [5.41, 5.74) is 1.12. The minimum atomic E-state index is -0.0739. The first-order chi connectivity index (χ1) is 11.2. The molecule has 3 heterocycles. The predicted octanol–water partition coefficient (Wildman–Crippen LogP) is 2.54. The van der Waals surface area contributed by atoms with Crippen molar-refractivity contribution in [1.82, 2.24) is 14.9 Å². The molecule has 0 spiro atoms. The number of amides is 1. The zero-order chi connectivity index (χ0) is 16.2. The van der Waals surface area contributed by atoms with Crippen LogP contribution in [0.25, 0.3) is 0 Å². The molecule has 0 aromatic carbocycles. The topological polar surface area (TPSA) is 64.6 Å². The van der Waals surface area contributed by atoms with Crippen molar-refractivity contribution >= 4 is 17.2 Å². The predicted molar refractivity (Wildman–Crippen MR) is 87.2 cm³/mol. The molecule has 0 N–H and O–H groups in total. The van der Waals surface area contributed by atoms with Crippen LogP contribution in [-0.4, -0.2) is 47.1 Å². The highest BCUT2D eigenvalue weighted by Gasteiger charge is 2.26. The average Bonchev–Trinajstić information content (AvgIpc) is 3.01. The fourth-order valence-corrected chi connectivity index (χ4v) is 3.44. The zero-order valence-electron chi connectivity index (χ0n) is 13.2. The minimum Gasteiger partial charge on any atom is -0.480 e. The average molecular weight is 333 g/mol. The van der Waals surface area contributed by atoms with Crippen LogP contribution in [0.4, 0.5) is 0 Å². The molecule has 2 aromatic rings. The summed E-state index contributed by atoms with van der Waals surface area (Å²) in [5, 5.41) is 2.00. The van der Waals surface area contributed by atoms with E-state index in [1.807, 2.05) is 23.3 Å². The SMILES string of the molecule is COc1cncc(O[C@H]2CCCN(C(=O)c3cc(C)cs3)C2)n1. The van der Waals surface area contributed by atoms with Crippen LogP contribution in [0.5, 0.6) is 11.8 Å². The summed E-state index contributed by atoms with van der Waals surface area (Å²) >= 11 is 1.49. The minimum absolute atomic E-state index is 0.0739. The molecule has 0 radical (unpaired) electrons. The molecule has 0 saturated carbocycles. The quantitative estimate of drug-likeness (QED) is 0.860. The Kier molecular flexibility index (Phi) is 4.76. The molecule has 7 heteroatoms. The van der Waals surface area contributed by atoms with E-state index in [-0.39, 0.29) is 12.0 Å². The molecule has 1 atom stereocenters. The van der Waals surface area contributed by atoms with Crippen LogP contribution in [0.1, 0.15) is 28.1 Å². The maximum absolute atomic E-state index is 12.5. The number of aromatic nitrogens is 2. The third-order valence-electron chi connectivity index (χ3n) is 3.69. The van der Waals surface area contributed by atoms with Crippen molar-refractivity contribution in [1.29, 1.82) is 0 Å². The highest BCUT2D eigenvalue weighted by atomic mass is 32.1. The standard InChI is InChI=1S/C16H19N3O3S/c1-11-6-13(23-10-11)16(20)19-5-3-4-12(9-19)22-15-8-17-7-14(18-15)21-2/h6-8,10,12H,3-5,9H2,1-2H3/t12-/m0/s1. The number of thiophene rings is 1. The molecule has 1 saturated heterocycles. The largest absolute Gasteiger partial charge is 0.480 e. The van der Waals surface area contributed by atoms with Gasteiger partial charge >= 0.3 is 0 Å². The number of hydrogen-bond donors (Lipinski definition) is 0. The van der Waals surface area contributed by atoms with E-state index in [9.17, 15) is 4.79 Å². The van der Waals surface area contributed by atoms with Crippen molar-refractivity contribution < 1.29 is 14.3 Å². The van der Waals surface area contributed by atoms with Crippen LogP contribution in [-0.2, 0) is 0 Å². The molecular weight excluding hydrogens is 314 g/mol. The molecule has 1 fully saturated rings. The maximum Gasteiger partial charge on any atom is 0.264 e. The Hall–Kier alpha value is -2.15. The van der Waals surface area contributed by atoms with Crippen LogP contribution in [0.3, 0.4) is 0 Å². The zero-order valence-corrected chi connectivity index (χ0v) is 14.0. The van der Waals surface area contributed by atoms with E-state index in [1.54, 1.807) is 6.20 Å². The third-order valence-corrected chi connectivity index (χ3v) is 4.73. The molecule has 6 nitrogen and oxygen atoms in total. The lowest BCUT2D eigenvalue weighted by atomic mass is 10.1. The van der Waals surface area contributed by atoms with Gasteiger partial charge in [-0.05, 0) is 36.8 Å². The van der Waals surface area contributed by atoms with Crippen molar-refractivity contribution in [3.8, 4) is 11.8 Å². The van der Waals surface area contributed by atoms with Crippen LogP contribution in [0.2, 0.25) is 0 Å². The highest BCUT2D eigenvalue weighted by molar-refractivity contribution is 7.12. The van der Waals surface area contributed by atoms with Crippen molar-refractivity contribution in [3.05, 3.63) is 34.3 Å². The number of aryl methyl sites for hydroxylation is 1. The molecule has 1 aliphatic rings. The van der Waals surface area contributed by atoms with Gasteiger partial charge in [0.2, 0.25) is 11.8 Å². The van der Waals surface area contributed by atoms with E-state index < -0.39 is 0 Å². The van der Waals surface area contributed by atoms with Gasteiger partial charge in [0.15, 0.2) is 0 Å². The number of hydrogen-bond acceptors (Lipinski definition) is 6. The highest BCUT2D eigenvalue weighted by Crippen LogP contribution is 2.21. The molecule has 2 aromatic heterocycles. The number of nitrogens with zero attached hydrogens (tertiary/aromatic N) is 3. The lowest BCUT2D eigenvalue weighted by molar-refractivity contribution is 0.0529. The number of likely N-dealkylation sites (tertiary alicyclic amines) is 1. The van der Waals surface area contributed by atoms with Crippen LogP contribution in [0, 0.1) is 6.92 Å². The molecule has 0 aliphatic carbocycles. The Balaban J connectivity index is 1.64. The molecular formula is C16H19N3O3S. The van der Waals surface area contributed by atoms with Crippen molar-refractivity contribution in [2.24, 2.45) is 0 Å². The van der Waals surface area contributed by atoms with E-state index >= 15 is 0 Å². The second kappa shape index (κ2) is 6.95. The second-order valence-corrected chi connectivity index (χ2v) is 6.43. The molecule has 23 heavy (non-hydrogen) atoms. The van der Waals surface area contributed by atoms with E-state index in [4.69, 9.17) is 9.47 Å².